The van der Waals surface area contributed by atoms with Gasteiger partial charge in [-0.05, 0) is 24.0 Å². The molecule has 1 aromatic rings. The fourth-order valence-corrected chi connectivity index (χ4v) is 1.71. The van der Waals surface area contributed by atoms with Crippen molar-refractivity contribution in [2.45, 2.75) is 32.2 Å². The first kappa shape index (κ1) is 15.2. The molecule has 5 nitrogen and oxygen atoms in total. The molecule has 0 saturated carbocycles. The van der Waals surface area contributed by atoms with Crippen LogP contribution in [0.1, 0.15) is 24.5 Å². The van der Waals surface area contributed by atoms with Gasteiger partial charge in [0.05, 0.1) is 0 Å². The summed E-state index contributed by atoms with van der Waals surface area (Å²) >= 11 is 0. The highest BCUT2D eigenvalue weighted by molar-refractivity contribution is 6.00. The Morgan fingerprint density at radius 3 is 2.21 bits per heavy atom. The summed E-state index contributed by atoms with van der Waals surface area (Å²) in [6.07, 6.45) is 2.83. The molecule has 0 heterocycles. The summed E-state index contributed by atoms with van der Waals surface area (Å²) < 4.78 is 0. The molecule has 1 amide bonds. The van der Waals surface area contributed by atoms with E-state index >= 15 is 0 Å². The molecule has 0 aromatic heterocycles. The van der Waals surface area contributed by atoms with E-state index in [1.165, 1.54) is 5.56 Å². The van der Waals surface area contributed by atoms with Crippen molar-refractivity contribution in [1.82, 2.24) is 5.32 Å². The Labute approximate surface area is 112 Å². The number of amides is 1. The van der Waals surface area contributed by atoms with E-state index in [0.717, 1.165) is 18.4 Å². The number of carbonyl (C=O) groups excluding carboxylic acids is 1. The van der Waals surface area contributed by atoms with Gasteiger partial charge in [0.2, 0.25) is 5.91 Å². The normalized spacial score (nSPS) is 11.9. The minimum Gasteiger partial charge on any atom is -0.480 e. The van der Waals surface area contributed by atoms with Gasteiger partial charge in [-0.1, -0.05) is 37.6 Å². The van der Waals surface area contributed by atoms with Crippen molar-refractivity contribution >= 4 is 11.9 Å². The zero-order valence-electron chi connectivity index (χ0n) is 11.1. The standard InChI is InChI=1S/C14H20N2O3/c1-2-3-10-4-6-11(7-5-10)8-9-16-13(17)12(15)14(18)19/h4-7,12H,2-3,8-9,15H2,1H3,(H,16,17)(H,18,19). The Morgan fingerprint density at radius 1 is 1.21 bits per heavy atom. The van der Waals surface area contributed by atoms with Gasteiger partial charge >= 0.3 is 5.97 Å². The lowest BCUT2D eigenvalue weighted by Crippen LogP contribution is -2.46. The quantitative estimate of drug-likeness (QED) is 0.632. The van der Waals surface area contributed by atoms with Crippen LogP contribution in [0.2, 0.25) is 0 Å². The summed E-state index contributed by atoms with van der Waals surface area (Å²) in [7, 11) is 0. The molecule has 19 heavy (non-hydrogen) atoms. The van der Waals surface area contributed by atoms with Crippen LogP contribution < -0.4 is 11.1 Å². The van der Waals surface area contributed by atoms with Crippen LogP contribution in [0.5, 0.6) is 0 Å². The van der Waals surface area contributed by atoms with Crippen LogP contribution in [0.25, 0.3) is 0 Å². The molecule has 1 unspecified atom stereocenters. The first-order valence-electron chi connectivity index (χ1n) is 6.38. The molecule has 0 fully saturated rings. The second kappa shape index (κ2) is 7.53. The van der Waals surface area contributed by atoms with Crippen molar-refractivity contribution in [3.05, 3.63) is 35.4 Å². The van der Waals surface area contributed by atoms with Gasteiger partial charge in [0.1, 0.15) is 0 Å². The maximum absolute atomic E-state index is 11.3. The van der Waals surface area contributed by atoms with E-state index in [1.807, 2.05) is 12.1 Å². The summed E-state index contributed by atoms with van der Waals surface area (Å²) in [5.41, 5.74) is 7.58. The number of benzene rings is 1. The van der Waals surface area contributed by atoms with Gasteiger partial charge in [-0.15, -0.1) is 0 Å². The first-order valence-corrected chi connectivity index (χ1v) is 6.38. The smallest absolute Gasteiger partial charge is 0.330 e. The van der Waals surface area contributed by atoms with E-state index in [0.29, 0.717) is 13.0 Å². The molecule has 4 N–H and O–H groups in total. The number of rotatable bonds is 7. The number of carbonyl (C=O) groups is 2. The molecule has 0 aliphatic heterocycles. The molecule has 0 radical (unpaired) electrons. The number of aryl methyl sites for hydroxylation is 1. The van der Waals surface area contributed by atoms with E-state index in [1.54, 1.807) is 0 Å². The van der Waals surface area contributed by atoms with Gasteiger partial charge < -0.3 is 16.2 Å². The number of carboxylic acid groups (broad SMARTS) is 1. The Kier molecular flexibility index (Phi) is 6.02. The topological polar surface area (TPSA) is 92.4 Å². The second-order valence-corrected chi connectivity index (χ2v) is 4.42. The monoisotopic (exact) mass is 264 g/mol. The van der Waals surface area contributed by atoms with Crippen LogP contribution in [0.15, 0.2) is 24.3 Å². The van der Waals surface area contributed by atoms with Crippen molar-refractivity contribution in [3.8, 4) is 0 Å². The van der Waals surface area contributed by atoms with Gasteiger partial charge in [0, 0.05) is 6.54 Å². The van der Waals surface area contributed by atoms with Crippen LogP contribution in [-0.2, 0) is 22.4 Å². The molecular weight excluding hydrogens is 244 g/mol. The Morgan fingerprint density at radius 2 is 1.74 bits per heavy atom. The van der Waals surface area contributed by atoms with E-state index in [2.05, 4.69) is 24.4 Å². The van der Waals surface area contributed by atoms with Gasteiger partial charge in [-0.25, -0.2) is 4.79 Å². The minimum atomic E-state index is -1.49. The Hall–Kier alpha value is -1.88. The van der Waals surface area contributed by atoms with E-state index in [-0.39, 0.29) is 0 Å². The van der Waals surface area contributed by atoms with Crippen LogP contribution in [0.3, 0.4) is 0 Å². The largest absolute Gasteiger partial charge is 0.480 e. The SMILES string of the molecule is CCCc1ccc(CCNC(=O)C(N)C(=O)O)cc1. The Balaban J connectivity index is 2.37. The third-order valence-electron chi connectivity index (χ3n) is 2.82. The van der Waals surface area contributed by atoms with Gasteiger partial charge in [-0.2, -0.15) is 0 Å². The molecule has 104 valence electrons. The highest BCUT2D eigenvalue weighted by Crippen LogP contribution is 2.06. The number of hydrogen-bond acceptors (Lipinski definition) is 3. The molecule has 0 bridgehead atoms. The maximum Gasteiger partial charge on any atom is 0.330 e. The molecule has 0 saturated heterocycles. The van der Waals surface area contributed by atoms with Crippen molar-refractivity contribution < 1.29 is 14.7 Å². The lowest BCUT2D eigenvalue weighted by molar-refractivity contribution is -0.142. The fraction of sp³-hybridized carbons (Fsp3) is 0.429. The number of aliphatic carboxylic acids is 1. The molecule has 1 atom stereocenters. The third-order valence-corrected chi connectivity index (χ3v) is 2.82. The van der Waals surface area contributed by atoms with Crippen LogP contribution in [0, 0.1) is 0 Å². The summed E-state index contributed by atoms with van der Waals surface area (Å²) in [5.74, 6) is -1.98. The maximum atomic E-state index is 11.3. The lowest BCUT2D eigenvalue weighted by atomic mass is 10.1. The Bertz CT molecular complexity index is 429. The van der Waals surface area contributed by atoms with Crippen molar-refractivity contribution in [2.24, 2.45) is 5.73 Å². The molecule has 0 aliphatic carbocycles. The summed E-state index contributed by atoms with van der Waals surface area (Å²) in [6, 6.07) is 6.70. The van der Waals surface area contributed by atoms with E-state index in [4.69, 9.17) is 10.8 Å². The molecule has 0 spiro atoms. The summed E-state index contributed by atoms with van der Waals surface area (Å²) in [4.78, 5) is 21.8. The zero-order chi connectivity index (χ0) is 14.3. The van der Waals surface area contributed by atoms with Crippen molar-refractivity contribution in [2.75, 3.05) is 6.54 Å². The zero-order valence-corrected chi connectivity index (χ0v) is 11.1. The lowest BCUT2D eigenvalue weighted by Gasteiger charge is -2.08. The number of carboxylic acids is 1. The van der Waals surface area contributed by atoms with Crippen LogP contribution >= 0.6 is 0 Å². The second-order valence-electron chi connectivity index (χ2n) is 4.42. The predicted octanol–water partition coefficient (Wildman–Crippen LogP) is 0.710. The number of nitrogens with one attached hydrogen (secondary N) is 1. The number of nitrogens with two attached hydrogens (primary N) is 1. The van der Waals surface area contributed by atoms with Gasteiger partial charge in [0.15, 0.2) is 6.04 Å². The van der Waals surface area contributed by atoms with E-state index < -0.39 is 17.9 Å². The highest BCUT2D eigenvalue weighted by Gasteiger charge is 2.20. The molecule has 5 heteroatoms. The van der Waals surface area contributed by atoms with Crippen LogP contribution in [-0.4, -0.2) is 29.6 Å². The van der Waals surface area contributed by atoms with E-state index in [9.17, 15) is 9.59 Å². The fourth-order valence-electron chi connectivity index (χ4n) is 1.71. The summed E-state index contributed by atoms with van der Waals surface area (Å²) in [6.45, 7) is 2.52. The molecule has 0 aliphatic rings. The molecule has 1 aromatic carbocycles. The molecular formula is C14H20N2O3. The first-order chi connectivity index (χ1) is 9.04. The third kappa shape index (κ3) is 5.09. The number of hydrogen-bond donors (Lipinski definition) is 3. The van der Waals surface area contributed by atoms with Crippen LogP contribution in [0.4, 0.5) is 0 Å². The molecule has 1 rings (SSSR count). The van der Waals surface area contributed by atoms with Crippen molar-refractivity contribution in [3.63, 3.8) is 0 Å². The average molecular weight is 264 g/mol. The highest BCUT2D eigenvalue weighted by atomic mass is 16.4. The van der Waals surface area contributed by atoms with Crippen molar-refractivity contribution in [1.29, 1.82) is 0 Å². The summed E-state index contributed by atoms with van der Waals surface area (Å²) in [5, 5.41) is 11.1. The predicted molar refractivity (Wildman–Crippen MR) is 72.8 cm³/mol. The minimum absolute atomic E-state index is 0.382. The average Bonchev–Trinajstić information content (AvgIpc) is 2.40. The van der Waals surface area contributed by atoms with Gasteiger partial charge in [0.25, 0.3) is 0 Å². The van der Waals surface area contributed by atoms with Gasteiger partial charge in [-0.3, -0.25) is 4.79 Å².